The van der Waals surface area contributed by atoms with Gasteiger partial charge in [0, 0.05) is 26.6 Å². The van der Waals surface area contributed by atoms with Crippen LogP contribution in [0.15, 0.2) is 36.4 Å². The van der Waals surface area contributed by atoms with Crippen LogP contribution in [-0.2, 0) is 17.8 Å². The molecule has 27 heavy (non-hydrogen) atoms. The first-order chi connectivity index (χ1) is 13.0. The highest BCUT2D eigenvalue weighted by molar-refractivity contribution is 5.72. The van der Waals surface area contributed by atoms with E-state index in [2.05, 4.69) is 10.2 Å². The van der Waals surface area contributed by atoms with Gasteiger partial charge < -0.3 is 14.8 Å². The average molecular weight is 372 g/mol. The molecule has 1 atom stereocenters. The van der Waals surface area contributed by atoms with Gasteiger partial charge in [0.2, 0.25) is 5.91 Å². The van der Waals surface area contributed by atoms with E-state index in [1.54, 1.807) is 26.4 Å². The van der Waals surface area contributed by atoms with E-state index in [0.717, 1.165) is 24.1 Å². The molecule has 0 radical (unpaired) electrons. The minimum absolute atomic E-state index is 0.0271. The van der Waals surface area contributed by atoms with Crippen LogP contribution in [0.25, 0.3) is 0 Å². The molecule has 1 aliphatic rings. The Kier molecular flexibility index (Phi) is 5.96. The molecule has 0 aromatic heterocycles. The fourth-order valence-corrected chi connectivity index (χ4v) is 3.62. The molecule has 3 rings (SSSR count). The number of nitrogens with zero attached hydrogens (tertiary/aromatic N) is 1. The van der Waals surface area contributed by atoms with Crippen LogP contribution in [0, 0.1) is 5.82 Å². The molecule has 0 spiro atoms. The maximum atomic E-state index is 13.6. The van der Waals surface area contributed by atoms with Crippen molar-refractivity contribution in [3.8, 4) is 11.5 Å². The number of amides is 1. The Labute approximate surface area is 159 Å². The summed E-state index contributed by atoms with van der Waals surface area (Å²) in [6.45, 7) is 3.40. The van der Waals surface area contributed by atoms with E-state index in [0.29, 0.717) is 24.6 Å². The molecule has 0 saturated carbocycles. The summed E-state index contributed by atoms with van der Waals surface area (Å²) >= 11 is 0. The monoisotopic (exact) mass is 372 g/mol. The van der Waals surface area contributed by atoms with E-state index in [1.165, 1.54) is 18.6 Å². The standard InChI is InChI=1S/C21H25FN2O3/c1-14(25)23-12-19-18-11-21(27-3)20(26-2)10-16(18)7-8-24(19)13-15-5-4-6-17(22)9-15/h4-6,9-11,19H,7-8,12-13H2,1-3H3,(H,23,25)/t19-/m1/s1. The van der Waals surface area contributed by atoms with Crippen LogP contribution in [-0.4, -0.2) is 38.1 Å². The Hall–Kier alpha value is -2.60. The van der Waals surface area contributed by atoms with Crippen molar-refractivity contribution >= 4 is 5.91 Å². The van der Waals surface area contributed by atoms with Crippen LogP contribution >= 0.6 is 0 Å². The highest BCUT2D eigenvalue weighted by atomic mass is 19.1. The molecule has 0 bridgehead atoms. The third-order valence-electron chi connectivity index (χ3n) is 4.93. The maximum Gasteiger partial charge on any atom is 0.216 e. The molecule has 5 nitrogen and oxygen atoms in total. The number of fused-ring (bicyclic) bond motifs is 1. The fourth-order valence-electron chi connectivity index (χ4n) is 3.62. The second kappa shape index (κ2) is 8.39. The summed E-state index contributed by atoms with van der Waals surface area (Å²) in [5.41, 5.74) is 3.19. The highest BCUT2D eigenvalue weighted by Gasteiger charge is 2.29. The van der Waals surface area contributed by atoms with Crippen LogP contribution in [0.3, 0.4) is 0 Å². The third-order valence-corrected chi connectivity index (χ3v) is 4.93. The second-order valence-corrected chi connectivity index (χ2v) is 6.71. The van der Waals surface area contributed by atoms with E-state index >= 15 is 0 Å². The summed E-state index contributed by atoms with van der Waals surface area (Å²) in [5.74, 6) is 1.05. The van der Waals surface area contributed by atoms with Gasteiger partial charge in [0.15, 0.2) is 11.5 Å². The lowest BCUT2D eigenvalue weighted by molar-refractivity contribution is -0.119. The quantitative estimate of drug-likeness (QED) is 0.847. The molecule has 1 amide bonds. The first kappa shape index (κ1) is 19.2. The molecule has 1 aliphatic heterocycles. The van der Waals surface area contributed by atoms with Crippen molar-refractivity contribution in [1.29, 1.82) is 0 Å². The molecular weight excluding hydrogens is 347 g/mol. The molecule has 0 saturated heterocycles. The van der Waals surface area contributed by atoms with Gasteiger partial charge in [0.1, 0.15) is 5.82 Å². The van der Waals surface area contributed by atoms with Gasteiger partial charge in [-0.1, -0.05) is 12.1 Å². The molecule has 6 heteroatoms. The van der Waals surface area contributed by atoms with Gasteiger partial charge in [0.25, 0.3) is 0 Å². The Morgan fingerprint density at radius 1 is 1.22 bits per heavy atom. The van der Waals surface area contributed by atoms with E-state index in [-0.39, 0.29) is 17.8 Å². The summed E-state index contributed by atoms with van der Waals surface area (Å²) in [7, 11) is 3.23. The van der Waals surface area contributed by atoms with Gasteiger partial charge in [0.05, 0.1) is 20.3 Å². The van der Waals surface area contributed by atoms with Crippen molar-refractivity contribution in [1.82, 2.24) is 10.2 Å². The van der Waals surface area contributed by atoms with Crippen molar-refractivity contribution in [3.63, 3.8) is 0 Å². The number of ether oxygens (including phenoxy) is 2. The summed E-state index contributed by atoms with van der Waals surface area (Å²) in [5, 5.41) is 2.92. The summed E-state index contributed by atoms with van der Waals surface area (Å²) in [6.07, 6.45) is 0.849. The van der Waals surface area contributed by atoms with Crippen LogP contribution in [0.4, 0.5) is 4.39 Å². The molecule has 1 N–H and O–H groups in total. The first-order valence-electron chi connectivity index (χ1n) is 8.99. The Balaban J connectivity index is 1.94. The number of methoxy groups -OCH3 is 2. The summed E-state index contributed by atoms with van der Waals surface area (Å²) in [6, 6.07) is 10.6. The molecular formula is C21H25FN2O3. The van der Waals surface area contributed by atoms with Crippen LogP contribution in [0.2, 0.25) is 0 Å². The topological polar surface area (TPSA) is 50.8 Å². The number of carbonyl (C=O) groups excluding carboxylic acids is 1. The molecule has 0 fully saturated rings. The van der Waals surface area contributed by atoms with Crippen LogP contribution < -0.4 is 14.8 Å². The zero-order chi connectivity index (χ0) is 19.4. The number of hydrogen-bond donors (Lipinski definition) is 1. The molecule has 144 valence electrons. The van der Waals surface area contributed by atoms with Crippen molar-refractivity contribution in [2.24, 2.45) is 0 Å². The number of nitrogens with one attached hydrogen (secondary N) is 1. The SMILES string of the molecule is COc1cc2c(cc1OC)[C@@H](CNC(C)=O)N(Cc1cccc(F)c1)CC2. The lowest BCUT2D eigenvalue weighted by atomic mass is 9.91. The van der Waals surface area contributed by atoms with Crippen molar-refractivity contribution in [3.05, 3.63) is 58.9 Å². The molecule has 2 aromatic rings. The van der Waals surface area contributed by atoms with Gasteiger partial charge in [-0.3, -0.25) is 9.69 Å². The average Bonchev–Trinajstić information content (AvgIpc) is 2.65. The predicted octanol–water partition coefficient (Wildman–Crippen LogP) is 3.08. The number of carbonyl (C=O) groups is 1. The molecule has 1 heterocycles. The molecule has 0 aliphatic carbocycles. The number of rotatable bonds is 6. The lowest BCUT2D eigenvalue weighted by Gasteiger charge is -2.38. The summed E-state index contributed by atoms with van der Waals surface area (Å²) < 4.78 is 24.5. The van der Waals surface area contributed by atoms with E-state index in [1.807, 2.05) is 18.2 Å². The van der Waals surface area contributed by atoms with Gasteiger partial charge in [-0.15, -0.1) is 0 Å². The predicted molar refractivity (Wildman–Crippen MR) is 101 cm³/mol. The second-order valence-electron chi connectivity index (χ2n) is 6.71. The Morgan fingerprint density at radius 2 is 1.96 bits per heavy atom. The minimum Gasteiger partial charge on any atom is -0.493 e. The third kappa shape index (κ3) is 4.39. The maximum absolute atomic E-state index is 13.6. The number of benzene rings is 2. The van der Waals surface area contributed by atoms with Crippen molar-refractivity contribution < 1.29 is 18.7 Å². The van der Waals surface area contributed by atoms with Crippen molar-refractivity contribution in [2.45, 2.75) is 25.9 Å². The largest absolute Gasteiger partial charge is 0.493 e. The molecule has 0 unspecified atom stereocenters. The van der Waals surface area contributed by atoms with Gasteiger partial charge in [-0.25, -0.2) is 4.39 Å². The van der Waals surface area contributed by atoms with Gasteiger partial charge >= 0.3 is 0 Å². The van der Waals surface area contributed by atoms with Gasteiger partial charge in [-0.2, -0.15) is 0 Å². The smallest absolute Gasteiger partial charge is 0.216 e. The van der Waals surface area contributed by atoms with Crippen molar-refractivity contribution in [2.75, 3.05) is 27.3 Å². The van der Waals surface area contributed by atoms with Crippen LogP contribution in [0.1, 0.15) is 29.7 Å². The highest BCUT2D eigenvalue weighted by Crippen LogP contribution is 2.38. The van der Waals surface area contributed by atoms with Gasteiger partial charge in [-0.05, 0) is 47.4 Å². The minimum atomic E-state index is -0.241. The lowest BCUT2D eigenvalue weighted by Crippen LogP contribution is -2.41. The number of halogens is 1. The van der Waals surface area contributed by atoms with E-state index < -0.39 is 0 Å². The zero-order valence-electron chi connectivity index (χ0n) is 15.9. The zero-order valence-corrected chi connectivity index (χ0v) is 15.9. The first-order valence-corrected chi connectivity index (χ1v) is 8.99. The fraction of sp³-hybridized carbons (Fsp3) is 0.381. The van der Waals surface area contributed by atoms with Crippen LogP contribution in [0.5, 0.6) is 11.5 Å². The normalized spacial score (nSPS) is 16.5. The van der Waals surface area contributed by atoms with E-state index in [9.17, 15) is 9.18 Å². The molecule has 2 aromatic carbocycles. The number of hydrogen-bond acceptors (Lipinski definition) is 4. The Bertz CT molecular complexity index is 825. The van der Waals surface area contributed by atoms with E-state index in [4.69, 9.17) is 9.47 Å². The Morgan fingerprint density at radius 3 is 2.63 bits per heavy atom. The summed E-state index contributed by atoms with van der Waals surface area (Å²) in [4.78, 5) is 13.8.